The molecule has 3 nitrogen and oxygen atoms in total. The molecule has 0 aliphatic rings. The Balaban J connectivity index is 2.54. The Labute approximate surface area is 95.8 Å². The van der Waals surface area contributed by atoms with E-state index in [-0.39, 0.29) is 0 Å². The first-order chi connectivity index (χ1) is 7.60. The summed E-state index contributed by atoms with van der Waals surface area (Å²) in [4.78, 5) is 0. The molecule has 0 fully saturated rings. The molecule has 1 unspecified atom stereocenters. The first kappa shape index (κ1) is 11.2. The van der Waals surface area contributed by atoms with Crippen LogP contribution in [-0.2, 0) is 17.4 Å². The van der Waals surface area contributed by atoms with Crippen molar-refractivity contribution in [3.8, 4) is 0 Å². The van der Waals surface area contributed by atoms with Crippen LogP contribution in [0.2, 0.25) is 0 Å². The molecule has 0 aliphatic heterocycles. The van der Waals surface area contributed by atoms with Gasteiger partial charge in [-0.3, -0.25) is 0 Å². The van der Waals surface area contributed by atoms with Crippen LogP contribution in [0.1, 0.15) is 12.5 Å². The van der Waals surface area contributed by atoms with Crippen LogP contribution in [0.4, 0.5) is 0 Å². The van der Waals surface area contributed by atoms with E-state index in [1.54, 1.807) is 7.11 Å². The van der Waals surface area contributed by atoms with Crippen molar-refractivity contribution in [1.29, 1.82) is 0 Å². The van der Waals surface area contributed by atoms with Gasteiger partial charge in [0, 0.05) is 32.4 Å². The van der Waals surface area contributed by atoms with Gasteiger partial charge in [0.2, 0.25) is 0 Å². The maximum absolute atomic E-state index is 5.77. The number of hydrogen-bond acceptors (Lipinski definition) is 2. The summed E-state index contributed by atoms with van der Waals surface area (Å²) in [7, 11) is 3.74. The molecule has 0 saturated carbocycles. The second-order valence-corrected chi connectivity index (χ2v) is 4.34. The highest BCUT2D eigenvalue weighted by Gasteiger charge is 2.24. The molecular weight excluding hydrogens is 200 g/mol. The zero-order valence-electron chi connectivity index (χ0n) is 10.0. The Kier molecular flexibility index (Phi) is 2.74. The van der Waals surface area contributed by atoms with Gasteiger partial charge in [-0.25, -0.2) is 0 Å². The normalized spacial score (nSPS) is 15.2. The van der Waals surface area contributed by atoms with E-state index in [4.69, 9.17) is 10.5 Å². The van der Waals surface area contributed by atoms with Gasteiger partial charge < -0.3 is 15.0 Å². The van der Waals surface area contributed by atoms with E-state index < -0.39 is 5.60 Å². The van der Waals surface area contributed by atoms with Crippen molar-refractivity contribution in [3.63, 3.8) is 0 Å². The summed E-state index contributed by atoms with van der Waals surface area (Å²) >= 11 is 0. The van der Waals surface area contributed by atoms with Crippen LogP contribution in [0.25, 0.3) is 10.9 Å². The number of aromatic nitrogens is 1. The van der Waals surface area contributed by atoms with Crippen LogP contribution in [0.5, 0.6) is 0 Å². The van der Waals surface area contributed by atoms with Crippen molar-refractivity contribution in [3.05, 3.63) is 36.0 Å². The topological polar surface area (TPSA) is 40.2 Å². The van der Waals surface area contributed by atoms with Crippen LogP contribution in [-0.4, -0.2) is 18.2 Å². The van der Waals surface area contributed by atoms with Gasteiger partial charge in [0.15, 0.2) is 0 Å². The number of methoxy groups -OCH3 is 1. The highest BCUT2D eigenvalue weighted by atomic mass is 16.5. The molecule has 2 N–H and O–H groups in total. The fourth-order valence-corrected chi connectivity index (χ4v) is 1.93. The molecule has 1 heterocycles. The summed E-state index contributed by atoms with van der Waals surface area (Å²) in [6.45, 7) is 2.49. The molecule has 0 aliphatic carbocycles. The number of aryl methyl sites for hydroxylation is 1. The summed E-state index contributed by atoms with van der Waals surface area (Å²) in [6, 6.07) is 8.44. The molecule has 3 heteroatoms. The summed E-state index contributed by atoms with van der Waals surface area (Å²) in [5.74, 6) is 0. The van der Waals surface area contributed by atoms with E-state index in [0.29, 0.717) is 6.54 Å². The molecule has 0 bridgehead atoms. The number of hydrogen-bond donors (Lipinski definition) is 1. The number of nitrogens with two attached hydrogens (primary N) is 1. The number of ether oxygens (including phenoxy) is 1. The third kappa shape index (κ3) is 1.62. The van der Waals surface area contributed by atoms with Gasteiger partial charge in [-0.15, -0.1) is 0 Å². The molecule has 2 aromatic rings. The van der Waals surface area contributed by atoms with E-state index in [1.165, 1.54) is 10.9 Å². The quantitative estimate of drug-likeness (QED) is 0.856. The SMILES string of the molecule is COC(C)(CN)c1ccc2c(ccn2C)c1. The summed E-state index contributed by atoms with van der Waals surface area (Å²) in [5.41, 5.74) is 7.71. The second-order valence-electron chi connectivity index (χ2n) is 4.34. The van der Waals surface area contributed by atoms with E-state index >= 15 is 0 Å². The molecule has 0 spiro atoms. The van der Waals surface area contributed by atoms with E-state index in [2.05, 4.69) is 35.0 Å². The highest BCUT2D eigenvalue weighted by molar-refractivity contribution is 5.81. The van der Waals surface area contributed by atoms with Gasteiger partial charge >= 0.3 is 0 Å². The number of benzene rings is 1. The lowest BCUT2D eigenvalue weighted by atomic mass is 9.95. The molecule has 0 radical (unpaired) electrons. The molecule has 1 aromatic carbocycles. The standard InChI is InChI=1S/C13H18N2O/c1-13(9-14,16-3)11-4-5-12-10(8-11)6-7-15(12)2/h4-8H,9,14H2,1-3H3. The first-order valence-electron chi connectivity index (χ1n) is 5.41. The van der Waals surface area contributed by atoms with Crippen molar-refractivity contribution >= 4 is 10.9 Å². The Morgan fingerprint density at radius 1 is 1.38 bits per heavy atom. The zero-order valence-corrected chi connectivity index (χ0v) is 10.0. The zero-order chi connectivity index (χ0) is 11.8. The first-order valence-corrected chi connectivity index (χ1v) is 5.41. The molecule has 1 aromatic heterocycles. The Bertz CT molecular complexity index is 498. The molecular formula is C13H18N2O. The van der Waals surface area contributed by atoms with Crippen LogP contribution in [0.3, 0.4) is 0 Å². The van der Waals surface area contributed by atoms with Gasteiger partial charge in [-0.2, -0.15) is 0 Å². The molecule has 0 saturated heterocycles. The van der Waals surface area contributed by atoms with E-state index in [0.717, 1.165) is 5.56 Å². The molecule has 1 atom stereocenters. The van der Waals surface area contributed by atoms with Crippen LogP contribution in [0, 0.1) is 0 Å². The minimum Gasteiger partial charge on any atom is -0.372 e. The predicted octanol–water partition coefficient (Wildman–Crippen LogP) is 2.00. The number of fused-ring (bicyclic) bond motifs is 1. The van der Waals surface area contributed by atoms with Gasteiger partial charge in [0.25, 0.3) is 0 Å². The fourth-order valence-electron chi connectivity index (χ4n) is 1.93. The van der Waals surface area contributed by atoms with Crippen molar-refractivity contribution in [1.82, 2.24) is 4.57 Å². The average Bonchev–Trinajstić information content (AvgIpc) is 2.69. The second kappa shape index (κ2) is 3.92. The van der Waals surface area contributed by atoms with E-state index in [1.807, 2.05) is 14.0 Å². The lowest BCUT2D eigenvalue weighted by molar-refractivity contribution is 0.0102. The van der Waals surface area contributed by atoms with Crippen LogP contribution >= 0.6 is 0 Å². The van der Waals surface area contributed by atoms with Gasteiger partial charge in [0.05, 0.1) is 0 Å². The lowest BCUT2D eigenvalue weighted by Crippen LogP contribution is -2.33. The third-order valence-corrected chi connectivity index (χ3v) is 3.34. The smallest absolute Gasteiger partial charge is 0.102 e. The van der Waals surface area contributed by atoms with Gasteiger partial charge in [-0.05, 0) is 36.1 Å². The summed E-state index contributed by atoms with van der Waals surface area (Å²) in [6.07, 6.45) is 2.06. The monoisotopic (exact) mass is 218 g/mol. The van der Waals surface area contributed by atoms with Crippen molar-refractivity contribution in [2.45, 2.75) is 12.5 Å². The van der Waals surface area contributed by atoms with Gasteiger partial charge in [0.1, 0.15) is 5.60 Å². The lowest BCUT2D eigenvalue weighted by Gasteiger charge is -2.27. The molecule has 16 heavy (non-hydrogen) atoms. The van der Waals surface area contributed by atoms with Gasteiger partial charge in [-0.1, -0.05) is 6.07 Å². The number of rotatable bonds is 3. The minimum absolute atomic E-state index is 0.399. The highest BCUT2D eigenvalue weighted by Crippen LogP contribution is 2.27. The molecule has 86 valence electrons. The average molecular weight is 218 g/mol. The van der Waals surface area contributed by atoms with Crippen molar-refractivity contribution in [2.75, 3.05) is 13.7 Å². The van der Waals surface area contributed by atoms with E-state index in [9.17, 15) is 0 Å². The maximum Gasteiger partial charge on any atom is 0.102 e. The fraction of sp³-hybridized carbons (Fsp3) is 0.385. The Hall–Kier alpha value is -1.32. The summed E-state index contributed by atoms with van der Waals surface area (Å²) in [5, 5.41) is 1.22. The Morgan fingerprint density at radius 2 is 2.12 bits per heavy atom. The largest absolute Gasteiger partial charge is 0.372 e. The molecule has 2 rings (SSSR count). The third-order valence-electron chi connectivity index (χ3n) is 3.34. The maximum atomic E-state index is 5.77. The van der Waals surface area contributed by atoms with Crippen molar-refractivity contribution in [2.24, 2.45) is 12.8 Å². The van der Waals surface area contributed by atoms with Crippen LogP contribution in [0.15, 0.2) is 30.5 Å². The number of nitrogens with zero attached hydrogens (tertiary/aromatic N) is 1. The summed E-state index contributed by atoms with van der Waals surface area (Å²) < 4.78 is 7.60. The van der Waals surface area contributed by atoms with Crippen molar-refractivity contribution < 1.29 is 4.74 Å². The predicted molar refractivity (Wildman–Crippen MR) is 66.3 cm³/mol. The van der Waals surface area contributed by atoms with Crippen LogP contribution < -0.4 is 5.73 Å². The minimum atomic E-state index is -0.399. The Morgan fingerprint density at radius 3 is 2.75 bits per heavy atom. The molecule has 0 amide bonds.